The van der Waals surface area contributed by atoms with Gasteiger partial charge in [-0.15, -0.1) is 0 Å². The van der Waals surface area contributed by atoms with Crippen LogP contribution in [0, 0.1) is 0 Å². The van der Waals surface area contributed by atoms with Crippen LogP contribution in [0.2, 0.25) is 0 Å². The first-order chi connectivity index (χ1) is 24.1. The molecule has 296 valence electrons. The van der Waals surface area contributed by atoms with Crippen molar-refractivity contribution < 1.29 is 37.3 Å². The summed E-state index contributed by atoms with van der Waals surface area (Å²) < 4.78 is 34.5. The highest BCUT2D eigenvalue weighted by atomic mass is 31.2. The number of esters is 1. The van der Waals surface area contributed by atoms with Crippen LogP contribution in [0.4, 0.5) is 0 Å². The molecule has 0 amide bonds. The number of ether oxygens (including phenoxy) is 2. The summed E-state index contributed by atoms with van der Waals surface area (Å²) in [6.45, 7) is 5.34. The van der Waals surface area contributed by atoms with Gasteiger partial charge < -0.3 is 27.9 Å². The van der Waals surface area contributed by atoms with E-state index in [1.807, 2.05) is 21.1 Å². The molecule has 0 aromatic heterocycles. The van der Waals surface area contributed by atoms with Gasteiger partial charge >= 0.3 is 5.97 Å². The first-order valence-corrected chi connectivity index (χ1v) is 22.0. The number of hydrogen-bond donors (Lipinski definition) is 0. The minimum Gasteiger partial charge on any atom is -0.756 e. The Kier molecular flexibility index (Phi) is 34.3. The molecule has 0 aliphatic heterocycles. The fourth-order valence-corrected chi connectivity index (χ4v) is 6.21. The number of allylic oxidation sites excluding steroid dienone is 4. The van der Waals surface area contributed by atoms with E-state index in [4.69, 9.17) is 18.5 Å². The molecule has 50 heavy (non-hydrogen) atoms. The summed E-state index contributed by atoms with van der Waals surface area (Å²) >= 11 is 0. The van der Waals surface area contributed by atoms with Gasteiger partial charge in [0.25, 0.3) is 7.82 Å². The molecule has 0 radical (unpaired) electrons. The third kappa shape index (κ3) is 38.2. The fourth-order valence-electron chi connectivity index (χ4n) is 5.48. The van der Waals surface area contributed by atoms with E-state index in [-0.39, 0.29) is 25.8 Å². The molecule has 0 N–H and O–H groups in total. The number of rotatable bonds is 38. The van der Waals surface area contributed by atoms with E-state index in [2.05, 4.69) is 38.2 Å². The first kappa shape index (κ1) is 49.0. The van der Waals surface area contributed by atoms with Gasteiger partial charge in [0.1, 0.15) is 19.3 Å². The first-order valence-electron chi connectivity index (χ1n) is 20.6. The maximum Gasteiger partial charge on any atom is 0.306 e. The van der Waals surface area contributed by atoms with Crippen LogP contribution in [0.1, 0.15) is 174 Å². The molecule has 2 unspecified atom stereocenters. The smallest absolute Gasteiger partial charge is 0.306 e. The number of nitrogens with zero attached hydrogens (tertiary/aromatic N) is 1. The highest BCUT2D eigenvalue weighted by molar-refractivity contribution is 7.45. The van der Waals surface area contributed by atoms with Crippen molar-refractivity contribution in [3.8, 4) is 0 Å². The minimum atomic E-state index is -4.52. The maximum absolute atomic E-state index is 12.6. The second kappa shape index (κ2) is 35.0. The molecule has 0 aliphatic rings. The van der Waals surface area contributed by atoms with Crippen molar-refractivity contribution in [3.63, 3.8) is 0 Å². The van der Waals surface area contributed by atoms with E-state index in [0.717, 1.165) is 32.1 Å². The average Bonchev–Trinajstić information content (AvgIpc) is 3.06. The van der Waals surface area contributed by atoms with Crippen molar-refractivity contribution in [2.45, 2.75) is 180 Å². The molecule has 0 saturated carbocycles. The van der Waals surface area contributed by atoms with E-state index in [1.54, 1.807) is 0 Å². The zero-order chi connectivity index (χ0) is 37.0. The van der Waals surface area contributed by atoms with Crippen LogP contribution in [0.3, 0.4) is 0 Å². The number of carbonyl (C=O) groups is 1. The van der Waals surface area contributed by atoms with Crippen LogP contribution in [0.15, 0.2) is 24.3 Å². The Bertz CT molecular complexity index is 858. The number of hydrogen-bond acceptors (Lipinski definition) is 7. The Balaban J connectivity index is 4.24. The summed E-state index contributed by atoms with van der Waals surface area (Å²) in [6, 6.07) is 0. The van der Waals surface area contributed by atoms with Crippen LogP contribution < -0.4 is 4.89 Å². The largest absolute Gasteiger partial charge is 0.756 e. The topological polar surface area (TPSA) is 94.1 Å². The molecule has 0 fully saturated rings. The monoisotopic (exact) mass is 730 g/mol. The lowest BCUT2D eigenvalue weighted by Gasteiger charge is -2.28. The Morgan fingerprint density at radius 3 is 1.60 bits per heavy atom. The zero-order valence-corrected chi connectivity index (χ0v) is 34.2. The molecule has 0 rings (SSSR count). The van der Waals surface area contributed by atoms with Crippen molar-refractivity contribution in [1.82, 2.24) is 0 Å². The van der Waals surface area contributed by atoms with E-state index >= 15 is 0 Å². The Morgan fingerprint density at radius 1 is 0.600 bits per heavy atom. The van der Waals surface area contributed by atoms with Gasteiger partial charge in [0.05, 0.1) is 34.4 Å². The standard InChI is InChI=1S/C41H80NO7P/c1-6-8-10-12-14-16-18-19-20-21-22-23-24-26-28-30-32-34-41(43)49-40(39-48-50(44,45)47-37-35-42(3,4)5)38-46-36-33-31-29-27-25-17-15-13-11-9-7-2/h11,13,19-20,40H,6-10,12,14-18,21-39H2,1-5H3/b13-11-,20-19-. The normalized spacial score (nSPS) is 14.1. The van der Waals surface area contributed by atoms with E-state index in [0.29, 0.717) is 24.1 Å². The zero-order valence-electron chi connectivity index (χ0n) is 33.4. The van der Waals surface area contributed by atoms with Gasteiger partial charge in [-0.2, -0.15) is 0 Å². The summed E-state index contributed by atoms with van der Waals surface area (Å²) in [4.78, 5) is 25.0. The third-order valence-electron chi connectivity index (χ3n) is 8.71. The summed E-state index contributed by atoms with van der Waals surface area (Å²) in [5, 5.41) is 0. The van der Waals surface area contributed by atoms with Gasteiger partial charge in [-0.3, -0.25) is 9.36 Å². The van der Waals surface area contributed by atoms with Gasteiger partial charge in [0.15, 0.2) is 0 Å². The third-order valence-corrected chi connectivity index (χ3v) is 9.67. The maximum atomic E-state index is 12.6. The molecule has 0 aromatic carbocycles. The summed E-state index contributed by atoms with van der Waals surface area (Å²) in [6.07, 6.45) is 37.5. The lowest BCUT2D eigenvalue weighted by molar-refractivity contribution is -0.870. The number of phosphoric ester groups is 1. The Morgan fingerprint density at radius 2 is 1.08 bits per heavy atom. The van der Waals surface area contributed by atoms with Gasteiger partial charge in [-0.1, -0.05) is 134 Å². The highest BCUT2D eigenvalue weighted by Crippen LogP contribution is 2.38. The average molecular weight is 730 g/mol. The molecular weight excluding hydrogens is 649 g/mol. The lowest BCUT2D eigenvalue weighted by atomic mass is 10.1. The number of unbranched alkanes of at least 4 members (excludes halogenated alkanes) is 20. The fraction of sp³-hybridized carbons (Fsp3) is 0.878. The molecule has 0 aliphatic carbocycles. The predicted molar refractivity (Wildman–Crippen MR) is 208 cm³/mol. The molecule has 0 aromatic rings. The highest BCUT2D eigenvalue weighted by Gasteiger charge is 2.20. The van der Waals surface area contributed by atoms with Crippen LogP contribution in [-0.2, 0) is 27.9 Å². The molecule has 0 bridgehead atoms. The van der Waals surface area contributed by atoms with Crippen molar-refractivity contribution in [2.24, 2.45) is 0 Å². The van der Waals surface area contributed by atoms with Crippen molar-refractivity contribution in [2.75, 3.05) is 54.1 Å². The molecule has 0 spiro atoms. The minimum absolute atomic E-state index is 0.0249. The molecule has 8 nitrogen and oxygen atoms in total. The number of carbonyl (C=O) groups excluding carboxylic acids is 1. The lowest BCUT2D eigenvalue weighted by Crippen LogP contribution is -2.37. The second-order valence-corrected chi connectivity index (χ2v) is 16.4. The summed E-state index contributed by atoms with van der Waals surface area (Å²) in [5.74, 6) is -0.342. The number of phosphoric acid groups is 1. The number of likely N-dealkylation sites (N-methyl/N-ethyl adjacent to an activating group) is 1. The van der Waals surface area contributed by atoms with Gasteiger partial charge in [0, 0.05) is 13.0 Å². The van der Waals surface area contributed by atoms with Crippen molar-refractivity contribution in [3.05, 3.63) is 24.3 Å². The van der Waals surface area contributed by atoms with Crippen LogP contribution in [-0.4, -0.2) is 70.7 Å². The molecular formula is C41H80NO7P. The van der Waals surface area contributed by atoms with Crippen molar-refractivity contribution in [1.29, 1.82) is 0 Å². The van der Waals surface area contributed by atoms with Gasteiger partial charge in [-0.25, -0.2) is 0 Å². The van der Waals surface area contributed by atoms with Gasteiger partial charge in [0.2, 0.25) is 0 Å². The van der Waals surface area contributed by atoms with Crippen LogP contribution in [0.5, 0.6) is 0 Å². The molecule has 0 saturated heterocycles. The van der Waals surface area contributed by atoms with E-state index < -0.39 is 13.9 Å². The molecule has 0 heterocycles. The SMILES string of the molecule is CCC/C=C\CCCCCCCCOCC(COP(=O)([O-])OCC[N+](C)(C)C)OC(=O)CCCCCCCCC/C=C\CCCCCCCC. The van der Waals surface area contributed by atoms with Gasteiger partial charge in [-0.05, 0) is 57.8 Å². The molecule has 2 atom stereocenters. The quantitative estimate of drug-likeness (QED) is 0.0205. The van der Waals surface area contributed by atoms with E-state index in [9.17, 15) is 14.3 Å². The predicted octanol–water partition coefficient (Wildman–Crippen LogP) is 11.0. The Labute approximate surface area is 309 Å². The molecule has 9 heteroatoms. The van der Waals surface area contributed by atoms with E-state index in [1.165, 1.54) is 122 Å². The van der Waals surface area contributed by atoms with Crippen LogP contribution in [0.25, 0.3) is 0 Å². The Hall–Kier alpha value is -1.02. The number of quaternary nitrogens is 1. The van der Waals surface area contributed by atoms with Crippen molar-refractivity contribution >= 4 is 13.8 Å². The second-order valence-electron chi connectivity index (χ2n) is 15.0. The summed E-state index contributed by atoms with van der Waals surface area (Å²) in [7, 11) is 1.35. The summed E-state index contributed by atoms with van der Waals surface area (Å²) in [5.41, 5.74) is 0. The van der Waals surface area contributed by atoms with Crippen LogP contribution >= 0.6 is 7.82 Å².